The molecule has 1 aromatic heterocycles. The third kappa shape index (κ3) is 4.29. The van der Waals surface area contributed by atoms with E-state index in [0.717, 1.165) is 33.9 Å². The zero-order valence-electron chi connectivity index (χ0n) is 16.0. The van der Waals surface area contributed by atoms with Crippen LogP contribution >= 0.6 is 11.3 Å². The molecule has 0 radical (unpaired) electrons. The number of carbonyl (C=O) groups is 1. The Morgan fingerprint density at radius 3 is 2.42 bits per heavy atom. The normalized spacial score (nSPS) is 15.2. The fourth-order valence-corrected chi connectivity index (χ4v) is 4.75. The molecule has 0 saturated heterocycles. The van der Waals surface area contributed by atoms with Crippen molar-refractivity contribution >= 4 is 17.2 Å². The Kier molecular flexibility index (Phi) is 6.36. The van der Waals surface area contributed by atoms with Crippen LogP contribution in [0.15, 0.2) is 36.4 Å². The van der Waals surface area contributed by atoms with E-state index in [0.29, 0.717) is 12.6 Å². The highest BCUT2D eigenvalue weighted by Gasteiger charge is 2.29. The fraction of sp³-hybridized carbons (Fsp3) is 0.500. The number of hydrogen-bond acceptors (Lipinski definition) is 3. The van der Waals surface area contributed by atoms with E-state index in [2.05, 4.69) is 36.9 Å². The molecule has 3 nitrogen and oxygen atoms in total. The summed E-state index contributed by atoms with van der Waals surface area (Å²) in [5.41, 5.74) is 1.13. The highest BCUT2D eigenvalue weighted by atomic mass is 32.1. The molecule has 1 aliphatic carbocycles. The van der Waals surface area contributed by atoms with E-state index in [1.54, 1.807) is 11.3 Å². The van der Waals surface area contributed by atoms with Crippen LogP contribution < -0.4 is 4.74 Å². The zero-order valence-corrected chi connectivity index (χ0v) is 16.8. The third-order valence-corrected chi connectivity index (χ3v) is 6.15. The second kappa shape index (κ2) is 8.72. The van der Waals surface area contributed by atoms with Gasteiger partial charge in [-0.05, 0) is 75.6 Å². The van der Waals surface area contributed by atoms with E-state index in [4.69, 9.17) is 4.74 Å². The van der Waals surface area contributed by atoms with Crippen molar-refractivity contribution in [2.45, 2.75) is 65.0 Å². The van der Waals surface area contributed by atoms with Gasteiger partial charge in [0.25, 0.3) is 5.91 Å². The quantitative estimate of drug-likeness (QED) is 0.623. The Morgan fingerprint density at radius 2 is 1.81 bits per heavy atom. The zero-order chi connectivity index (χ0) is 18.5. The molecule has 1 aromatic carbocycles. The lowest BCUT2D eigenvalue weighted by atomic mass is 9.93. The minimum Gasteiger partial charge on any atom is -0.494 e. The molecule has 140 valence electrons. The molecule has 1 aliphatic rings. The number of carbonyl (C=O) groups excluding carboxylic acids is 1. The molecule has 4 heteroatoms. The van der Waals surface area contributed by atoms with Crippen LogP contribution in [0.2, 0.25) is 0 Å². The second-order valence-corrected chi connectivity index (χ2v) is 8.30. The summed E-state index contributed by atoms with van der Waals surface area (Å²) in [4.78, 5) is 17.3. The molecule has 0 bridgehead atoms. The van der Waals surface area contributed by atoms with Gasteiger partial charge in [-0.1, -0.05) is 19.3 Å². The predicted molar refractivity (Wildman–Crippen MR) is 109 cm³/mol. The summed E-state index contributed by atoms with van der Waals surface area (Å²) >= 11 is 1.59. The molecule has 26 heavy (non-hydrogen) atoms. The second-order valence-electron chi connectivity index (χ2n) is 7.22. The van der Waals surface area contributed by atoms with Gasteiger partial charge in [-0.15, -0.1) is 11.3 Å². The first-order valence-electron chi connectivity index (χ1n) is 9.76. The molecule has 0 atom stereocenters. The largest absolute Gasteiger partial charge is 0.494 e. The van der Waals surface area contributed by atoms with Gasteiger partial charge in [0, 0.05) is 17.0 Å². The Bertz CT molecular complexity index is 714. The van der Waals surface area contributed by atoms with Crippen LogP contribution in [0, 0.1) is 0 Å². The van der Waals surface area contributed by atoms with Crippen LogP contribution in [-0.2, 0) is 0 Å². The van der Waals surface area contributed by atoms with Gasteiger partial charge in [-0.25, -0.2) is 0 Å². The summed E-state index contributed by atoms with van der Waals surface area (Å²) in [7, 11) is 0. The smallest absolute Gasteiger partial charge is 0.264 e. The Labute approximate surface area is 161 Å². The van der Waals surface area contributed by atoms with Crippen LogP contribution in [0.1, 0.15) is 62.5 Å². The number of thiophene rings is 1. The summed E-state index contributed by atoms with van der Waals surface area (Å²) < 4.78 is 5.51. The summed E-state index contributed by atoms with van der Waals surface area (Å²) in [5, 5.41) is 0. The van der Waals surface area contributed by atoms with Gasteiger partial charge in [0.2, 0.25) is 0 Å². The van der Waals surface area contributed by atoms with Gasteiger partial charge < -0.3 is 9.64 Å². The van der Waals surface area contributed by atoms with Crippen molar-refractivity contribution in [1.29, 1.82) is 0 Å². The van der Waals surface area contributed by atoms with Crippen molar-refractivity contribution in [2.75, 3.05) is 6.61 Å². The molecule has 0 aliphatic heterocycles. The first kappa shape index (κ1) is 19.0. The molecule has 0 spiro atoms. The number of benzene rings is 1. The van der Waals surface area contributed by atoms with Gasteiger partial charge in [0.1, 0.15) is 5.75 Å². The molecule has 1 fully saturated rings. The molecule has 0 unspecified atom stereocenters. The summed E-state index contributed by atoms with van der Waals surface area (Å²) in [6.45, 7) is 6.92. The van der Waals surface area contributed by atoms with E-state index in [9.17, 15) is 4.79 Å². The minimum atomic E-state index is 0.189. The summed E-state index contributed by atoms with van der Waals surface area (Å²) in [5.74, 6) is 1.07. The lowest BCUT2D eigenvalue weighted by Gasteiger charge is -2.37. The van der Waals surface area contributed by atoms with Crippen molar-refractivity contribution in [3.63, 3.8) is 0 Å². The van der Waals surface area contributed by atoms with Crippen molar-refractivity contribution in [2.24, 2.45) is 0 Å². The third-order valence-electron chi connectivity index (χ3n) is 5.03. The number of nitrogens with zero attached hydrogens (tertiary/aromatic N) is 1. The topological polar surface area (TPSA) is 29.5 Å². The SMILES string of the molecule is CCOc1ccc(-c2ccc(C(=O)N(C(C)C)C3CCCCC3)s2)cc1. The van der Waals surface area contributed by atoms with Crippen LogP contribution in [0.5, 0.6) is 5.75 Å². The molecule has 1 heterocycles. The first-order valence-corrected chi connectivity index (χ1v) is 10.6. The van der Waals surface area contributed by atoms with E-state index in [1.807, 2.05) is 25.1 Å². The predicted octanol–water partition coefficient (Wildman–Crippen LogP) is 6.00. The summed E-state index contributed by atoms with van der Waals surface area (Å²) in [6, 6.07) is 12.8. The standard InChI is InChI=1S/C22H29NO2S/c1-4-25-19-12-10-17(11-13-19)20-14-15-21(26-20)22(24)23(16(2)3)18-8-6-5-7-9-18/h10-16,18H,4-9H2,1-3H3. The van der Waals surface area contributed by atoms with E-state index in [1.165, 1.54) is 19.3 Å². The van der Waals surface area contributed by atoms with Gasteiger partial charge in [0.15, 0.2) is 0 Å². The summed E-state index contributed by atoms with van der Waals surface area (Å²) in [6.07, 6.45) is 6.06. The maximum atomic E-state index is 13.2. The number of amides is 1. The molecule has 1 amide bonds. The maximum absolute atomic E-state index is 13.2. The lowest BCUT2D eigenvalue weighted by molar-refractivity contribution is 0.0560. The molecule has 1 saturated carbocycles. The van der Waals surface area contributed by atoms with Gasteiger partial charge in [-0.3, -0.25) is 4.79 Å². The average Bonchev–Trinajstić information content (AvgIpc) is 3.13. The molecular weight excluding hydrogens is 342 g/mol. The van der Waals surface area contributed by atoms with Crippen LogP contribution in [-0.4, -0.2) is 29.5 Å². The van der Waals surface area contributed by atoms with Crippen molar-refractivity contribution in [3.8, 4) is 16.2 Å². The lowest BCUT2D eigenvalue weighted by Crippen LogP contribution is -2.45. The number of ether oxygens (including phenoxy) is 1. The van der Waals surface area contributed by atoms with Crippen LogP contribution in [0.25, 0.3) is 10.4 Å². The number of rotatable bonds is 6. The van der Waals surface area contributed by atoms with Crippen LogP contribution in [0.4, 0.5) is 0 Å². The van der Waals surface area contributed by atoms with Crippen molar-refractivity contribution in [3.05, 3.63) is 41.3 Å². The van der Waals surface area contributed by atoms with Gasteiger partial charge in [0.05, 0.1) is 11.5 Å². The Balaban J connectivity index is 1.77. The fourth-order valence-electron chi connectivity index (χ4n) is 3.80. The minimum absolute atomic E-state index is 0.189. The highest BCUT2D eigenvalue weighted by Crippen LogP contribution is 2.32. The molecular formula is C22H29NO2S. The Hall–Kier alpha value is -1.81. The highest BCUT2D eigenvalue weighted by molar-refractivity contribution is 7.17. The molecule has 0 N–H and O–H groups in total. The van der Waals surface area contributed by atoms with Crippen LogP contribution in [0.3, 0.4) is 0 Å². The van der Waals surface area contributed by atoms with Gasteiger partial charge in [-0.2, -0.15) is 0 Å². The molecule has 3 rings (SSSR count). The number of hydrogen-bond donors (Lipinski definition) is 0. The van der Waals surface area contributed by atoms with E-state index < -0.39 is 0 Å². The van der Waals surface area contributed by atoms with Gasteiger partial charge >= 0.3 is 0 Å². The average molecular weight is 372 g/mol. The first-order chi connectivity index (χ1) is 12.6. The monoisotopic (exact) mass is 371 g/mol. The van der Waals surface area contributed by atoms with E-state index >= 15 is 0 Å². The maximum Gasteiger partial charge on any atom is 0.264 e. The van der Waals surface area contributed by atoms with Crippen molar-refractivity contribution < 1.29 is 9.53 Å². The van der Waals surface area contributed by atoms with Crippen molar-refractivity contribution in [1.82, 2.24) is 4.90 Å². The molecule has 2 aromatic rings. The van der Waals surface area contributed by atoms with E-state index in [-0.39, 0.29) is 11.9 Å². The Morgan fingerprint density at radius 1 is 1.12 bits per heavy atom.